The summed E-state index contributed by atoms with van der Waals surface area (Å²) < 4.78 is 6.23. The van der Waals surface area contributed by atoms with Gasteiger partial charge in [-0.05, 0) is 38.7 Å². The maximum atomic E-state index is 9.41. The molecule has 5 nitrogen and oxygen atoms in total. The Hall–Kier alpha value is -1.85. The average molecular weight is 329 g/mol. The van der Waals surface area contributed by atoms with Gasteiger partial charge in [-0.25, -0.2) is 4.98 Å². The minimum absolute atomic E-state index is 0.134. The van der Waals surface area contributed by atoms with E-state index in [0.717, 1.165) is 36.5 Å². The highest BCUT2D eigenvalue weighted by molar-refractivity contribution is 5.33. The predicted molar refractivity (Wildman–Crippen MR) is 93.9 cm³/mol. The number of aromatic amines is 1. The highest BCUT2D eigenvalue weighted by Gasteiger charge is 2.19. The molecule has 0 unspecified atom stereocenters. The molecule has 1 fully saturated rings. The van der Waals surface area contributed by atoms with Gasteiger partial charge in [-0.15, -0.1) is 0 Å². The summed E-state index contributed by atoms with van der Waals surface area (Å²) in [5, 5.41) is 9.41. The number of H-pyrrole nitrogens is 1. The fourth-order valence-corrected chi connectivity index (χ4v) is 3.29. The van der Waals surface area contributed by atoms with E-state index in [0.29, 0.717) is 19.2 Å². The fraction of sp³-hybridized carbons (Fsp3) is 0.526. The zero-order valence-electron chi connectivity index (χ0n) is 14.4. The molecule has 0 aliphatic heterocycles. The molecule has 0 bridgehead atoms. The standard InChI is InChI=1S/C19H27N3O2/c1-15-18(21-14-20-15)13-22(10-11-23)12-16-6-2-5-9-19(16)24-17-7-3-4-8-17/h2,5-6,9,14,17,23H,3-4,7-8,10-13H2,1H3,(H,20,21). The third-order valence-electron chi connectivity index (χ3n) is 4.69. The van der Waals surface area contributed by atoms with E-state index in [2.05, 4.69) is 27.0 Å². The molecule has 0 saturated heterocycles. The second-order valence-corrected chi connectivity index (χ2v) is 6.54. The number of aliphatic hydroxyl groups excluding tert-OH is 1. The van der Waals surface area contributed by atoms with Crippen LogP contribution in [0.5, 0.6) is 5.75 Å². The van der Waals surface area contributed by atoms with Gasteiger partial charge >= 0.3 is 0 Å². The molecule has 0 atom stereocenters. The van der Waals surface area contributed by atoms with Crippen LogP contribution >= 0.6 is 0 Å². The largest absolute Gasteiger partial charge is 0.490 e. The van der Waals surface area contributed by atoms with Crippen molar-refractivity contribution >= 4 is 0 Å². The van der Waals surface area contributed by atoms with Crippen molar-refractivity contribution in [2.24, 2.45) is 0 Å². The first-order chi connectivity index (χ1) is 11.8. The number of imidazole rings is 1. The first-order valence-electron chi connectivity index (χ1n) is 8.83. The molecule has 5 heteroatoms. The molecular weight excluding hydrogens is 302 g/mol. The molecule has 0 radical (unpaired) electrons. The molecule has 0 amide bonds. The number of aromatic nitrogens is 2. The Morgan fingerprint density at radius 3 is 2.75 bits per heavy atom. The Bertz CT molecular complexity index is 635. The Kier molecular flexibility index (Phi) is 5.88. The van der Waals surface area contributed by atoms with Crippen molar-refractivity contribution in [3.8, 4) is 5.75 Å². The number of rotatable bonds is 8. The van der Waals surface area contributed by atoms with Crippen LogP contribution in [0.4, 0.5) is 0 Å². The molecule has 1 saturated carbocycles. The maximum Gasteiger partial charge on any atom is 0.124 e. The topological polar surface area (TPSA) is 61.4 Å². The van der Waals surface area contributed by atoms with Gasteiger partial charge in [-0.1, -0.05) is 18.2 Å². The summed E-state index contributed by atoms with van der Waals surface area (Å²) in [5.41, 5.74) is 3.28. The fourth-order valence-electron chi connectivity index (χ4n) is 3.29. The predicted octanol–water partition coefficient (Wildman–Crippen LogP) is 3.03. The Balaban J connectivity index is 1.70. The summed E-state index contributed by atoms with van der Waals surface area (Å²) in [6, 6.07) is 8.26. The van der Waals surface area contributed by atoms with Crippen LogP contribution in [0.15, 0.2) is 30.6 Å². The minimum atomic E-state index is 0.134. The molecule has 130 valence electrons. The van der Waals surface area contributed by atoms with E-state index < -0.39 is 0 Å². The number of aryl methyl sites for hydroxylation is 1. The lowest BCUT2D eigenvalue weighted by Crippen LogP contribution is -2.27. The molecule has 1 aliphatic carbocycles. The van der Waals surface area contributed by atoms with Crippen molar-refractivity contribution < 1.29 is 9.84 Å². The van der Waals surface area contributed by atoms with Crippen LogP contribution in [-0.4, -0.2) is 39.2 Å². The first kappa shape index (κ1) is 17.0. The van der Waals surface area contributed by atoms with Crippen LogP contribution in [-0.2, 0) is 13.1 Å². The third kappa shape index (κ3) is 4.36. The Morgan fingerprint density at radius 1 is 1.25 bits per heavy atom. The van der Waals surface area contributed by atoms with Gasteiger partial charge in [0.15, 0.2) is 0 Å². The SMILES string of the molecule is Cc1[nH]cnc1CN(CCO)Cc1ccccc1OC1CCCC1. The molecule has 1 aromatic heterocycles. The second kappa shape index (κ2) is 8.31. The quantitative estimate of drug-likeness (QED) is 0.781. The first-order valence-corrected chi connectivity index (χ1v) is 8.83. The van der Waals surface area contributed by atoms with Gasteiger partial charge < -0.3 is 14.8 Å². The van der Waals surface area contributed by atoms with Crippen molar-refractivity contribution in [2.45, 2.75) is 51.8 Å². The van der Waals surface area contributed by atoms with Crippen molar-refractivity contribution in [1.82, 2.24) is 14.9 Å². The van der Waals surface area contributed by atoms with Gasteiger partial charge in [0.1, 0.15) is 5.75 Å². The number of ether oxygens (including phenoxy) is 1. The summed E-state index contributed by atoms with van der Waals surface area (Å²) in [7, 11) is 0. The number of aliphatic hydroxyl groups is 1. The summed E-state index contributed by atoms with van der Waals surface area (Å²) in [4.78, 5) is 9.70. The zero-order valence-corrected chi connectivity index (χ0v) is 14.4. The van der Waals surface area contributed by atoms with Crippen LogP contribution in [0, 0.1) is 6.92 Å². The maximum absolute atomic E-state index is 9.41. The molecule has 1 heterocycles. The van der Waals surface area contributed by atoms with Crippen molar-refractivity contribution in [3.05, 3.63) is 47.5 Å². The molecule has 2 N–H and O–H groups in total. The molecular formula is C19H27N3O2. The smallest absolute Gasteiger partial charge is 0.124 e. The summed E-state index contributed by atoms with van der Waals surface area (Å²) in [5.74, 6) is 0.978. The van der Waals surface area contributed by atoms with E-state index in [4.69, 9.17) is 4.74 Å². The normalized spacial score (nSPS) is 15.3. The molecule has 0 spiro atoms. The van der Waals surface area contributed by atoms with E-state index in [1.807, 2.05) is 19.1 Å². The van der Waals surface area contributed by atoms with E-state index >= 15 is 0 Å². The minimum Gasteiger partial charge on any atom is -0.490 e. The number of para-hydroxylation sites is 1. The monoisotopic (exact) mass is 329 g/mol. The number of benzene rings is 1. The van der Waals surface area contributed by atoms with Crippen LogP contribution in [0.3, 0.4) is 0 Å². The van der Waals surface area contributed by atoms with Crippen molar-refractivity contribution in [1.29, 1.82) is 0 Å². The molecule has 2 aromatic rings. The number of hydrogen-bond donors (Lipinski definition) is 2. The average Bonchev–Trinajstić information content (AvgIpc) is 3.22. The summed E-state index contributed by atoms with van der Waals surface area (Å²) in [6.07, 6.45) is 6.91. The van der Waals surface area contributed by atoms with Crippen LogP contribution in [0.1, 0.15) is 42.6 Å². The van der Waals surface area contributed by atoms with E-state index in [1.165, 1.54) is 18.4 Å². The van der Waals surface area contributed by atoms with E-state index in [-0.39, 0.29) is 6.61 Å². The van der Waals surface area contributed by atoms with Crippen LogP contribution in [0.25, 0.3) is 0 Å². The van der Waals surface area contributed by atoms with Gasteiger partial charge in [0, 0.05) is 30.9 Å². The number of nitrogens with one attached hydrogen (secondary N) is 1. The Morgan fingerprint density at radius 2 is 2.04 bits per heavy atom. The van der Waals surface area contributed by atoms with E-state index in [9.17, 15) is 5.11 Å². The lowest BCUT2D eigenvalue weighted by Gasteiger charge is -2.23. The lowest BCUT2D eigenvalue weighted by molar-refractivity contribution is 0.174. The highest BCUT2D eigenvalue weighted by Crippen LogP contribution is 2.27. The molecule has 24 heavy (non-hydrogen) atoms. The molecule has 1 aliphatic rings. The molecule has 3 rings (SSSR count). The van der Waals surface area contributed by atoms with Gasteiger partial charge in [-0.2, -0.15) is 0 Å². The number of hydrogen-bond acceptors (Lipinski definition) is 4. The van der Waals surface area contributed by atoms with E-state index in [1.54, 1.807) is 6.33 Å². The van der Waals surface area contributed by atoms with Crippen LogP contribution < -0.4 is 4.74 Å². The third-order valence-corrected chi connectivity index (χ3v) is 4.69. The van der Waals surface area contributed by atoms with Crippen molar-refractivity contribution in [2.75, 3.05) is 13.2 Å². The van der Waals surface area contributed by atoms with Gasteiger partial charge in [0.2, 0.25) is 0 Å². The summed E-state index contributed by atoms with van der Waals surface area (Å²) >= 11 is 0. The highest BCUT2D eigenvalue weighted by atomic mass is 16.5. The second-order valence-electron chi connectivity index (χ2n) is 6.54. The van der Waals surface area contributed by atoms with Crippen LogP contribution in [0.2, 0.25) is 0 Å². The van der Waals surface area contributed by atoms with Gasteiger partial charge in [0.05, 0.1) is 24.7 Å². The Labute approximate surface area is 143 Å². The molecule has 1 aromatic carbocycles. The van der Waals surface area contributed by atoms with Crippen molar-refractivity contribution in [3.63, 3.8) is 0 Å². The zero-order chi connectivity index (χ0) is 16.8. The van der Waals surface area contributed by atoms with Gasteiger partial charge in [-0.3, -0.25) is 4.90 Å². The lowest BCUT2D eigenvalue weighted by atomic mass is 10.1. The summed E-state index contributed by atoms with van der Waals surface area (Å²) in [6.45, 7) is 4.24. The van der Waals surface area contributed by atoms with Gasteiger partial charge in [0.25, 0.3) is 0 Å². The number of nitrogens with zero attached hydrogens (tertiary/aromatic N) is 2.